The summed E-state index contributed by atoms with van der Waals surface area (Å²) >= 11 is 5.96. The molecule has 0 unspecified atom stereocenters. The molecule has 2 aliphatic rings. The zero-order valence-corrected chi connectivity index (χ0v) is 13.4. The molecule has 0 bridgehead atoms. The molecule has 0 N–H and O–H groups in total. The number of aromatic nitrogens is 1. The fourth-order valence-electron chi connectivity index (χ4n) is 4.17. The van der Waals surface area contributed by atoms with Crippen molar-refractivity contribution in [2.24, 2.45) is 5.41 Å². The van der Waals surface area contributed by atoms with E-state index in [1.807, 2.05) is 6.07 Å². The van der Waals surface area contributed by atoms with Crippen LogP contribution in [0.1, 0.15) is 38.5 Å². The summed E-state index contributed by atoms with van der Waals surface area (Å²) in [6.07, 6.45) is 8.12. The van der Waals surface area contributed by atoms with Gasteiger partial charge in [-0.1, -0.05) is 24.4 Å². The largest absolute Gasteiger partial charge is 0.421 e. The van der Waals surface area contributed by atoms with Gasteiger partial charge in [-0.15, -0.1) is 0 Å². The number of hydrogen-bond donors (Lipinski definition) is 0. The Kier molecular flexibility index (Phi) is 3.54. The van der Waals surface area contributed by atoms with Crippen LogP contribution >= 0.6 is 11.6 Å². The zero-order chi connectivity index (χ0) is 15.2. The standard InChI is InChI=1S/C17H21ClN2O2/c18-13-3-4-14-15(11-13)22-16(21)20(14)12-19-9-7-17(8-10-19)5-1-2-6-17/h3-4,11H,1-2,5-10,12H2. The van der Waals surface area contributed by atoms with Gasteiger partial charge in [-0.2, -0.15) is 0 Å². The predicted molar refractivity (Wildman–Crippen MR) is 87.2 cm³/mol. The Labute approximate surface area is 134 Å². The van der Waals surface area contributed by atoms with Crippen molar-refractivity contribution in [3.63, 3.8) is 0 Å². The van der Waals surface area contributed by atoms with Gasteiger partial charge in [0, 0.05) is 24.2 Å². The van der Waals surface area contributed by atoms with Gasteiger partial charge < -0.3 is 4.42 Å². The molecule has 2 aromatic rings. The molecule has 1 saturated carbocycles. The van der Waals surface area contributed by atoms with Crippen molar-refractivity contribution in [1.82, 2.24) is 9.47 Å². The van der Waals surface area contributed by atoms with Crippen LogP contribution in [0.3, 0.4) is 0 Å². The van der Waals surface area contributed by atoms with Crippen molar-refractivity contribution in [1.29, 1.82) is 0 Å². The maximum absolute atomic E-state index is 12.1. The van der Waals surface area contributed by atoms with Gasteiger partial charge in [-0.25, -0.2) is 4.79 Å². The number of likely N-dealkylation sites (tertiary alicyclic amines) is 1. The smallest absolute Gasteiger partial charge is 0.408 e. The highest BCUT2D eigenvalue weighted by molar-refractivity contribution is 6.31. The molecule has 0 atom stereocenters. The number of benzene rings is 1. The Balaban J connectivity index is 1.52. The van der Waals surface area contributed by atoms with Crippen LogP contribution in [-0.2, 0) is 6.67 Å². The van der Waals surface area contributed by atoms with Crippen molar-refractivity contribution in [2.75, 3.05) is 13.1 Å². The van der Waals surface area contributed by atoms with Gasteiger partial charge in [0.2, 0.25) is 0 Å². The second-order valence-corrected chi connectivity index (χ2v) is 7.31. The molecule has 2 heterocycles. The highest BCUT2D eigenvalue weighted by atomic mass is 35.5. The van der Waals surface area contributed by atoms with E-state index in [-0.39, 0.29) is 5.76 Å². The second kappa shape index (κ2) is 5.43. The van der Waals surface area contributed by atoms with Gasteiger partial charge in [0.1, 0.15) is 0 Å². The number of halogens is 1. The van der Waals surface area contributed by atoms with E-state index in [1.54, 1.807) is 16.7 Å². The molecule has 1 spiro atoms. The zero-order valence-electron chi connectivity index (χ0n) is 12.7. The van der Waals surface area contributed by atoms with Gasteiger partial charge in [-0.05, 0) is 43.2 Å². The summed E-state index contributed by atoms with van der Waals surface area (Å²) in [6, 6.07) is 5.38. The lowest BCUT2D eigenvalue weighted by Gasteiger charge is -2.39. The van der Waals surface area contributed by atoms with Crippen LogP contribution in [0.15, 0.2) is 27.4 Å². The molecule has 1 saturated heterocycles. The van der Waals surface area contributed by atoms with Gasteiger partial charge in [0.15, 0.2) is 5.58 Å². The molecule has 0 amide bonds. The van der Waals surface area contributed by atoms with E-state index in [4.69, 9.17) is 16.0 Å². The summed E-state index contributed by atoms with van der Waals surface area (Å²) in [4.78, 5) is 14.5. The average molecular weight is 321 g/mol. The Bertz CT molecular complexity index is 733. The van der Waals surface area contributed by atoms with Crippen LogP contribution in [0.4, 0.5) is 0 Å². The first kappa shape index (κ1) is 14.3. The van der Waals surface area contributed by atoms with E-state index in [0.29, 0.717) is 22.7 Å². The van der Waals surface area contributed by atoms with Gasteiger partial charge >= 0.3 is 5.76 Å². The molecular weight excluding hydrogens is 300 g/mol. The summed E-state index contributed by atoms with van der Waals surface area (Å²) in [6.45, 7) is 2.77. The first-order valence-corrected chi connectivity index (χ1v) is 8.54. The molecule has 0 radical (unpaired) electrons. The third-order valence-corrected chi connectivity index (χ3v) is 5.79. The lowest BCUT2D eigenvalue weighted by Crippen LogP contribution is -2.40. The van der Waals surface area contributed by atoms with E-state index >= 15 is 0 Å². The number of fused-ring (bicyclic) bond motifs is 1. The summed E-state index contributed by atoms with van der Waals surface area (Å²) in [5.41, 5.74) is 2.00. The molecule has 22 heavy (non-hydrogen) atoms. The molecule has 1 aliphatic carbocycles. The third kappa shape index (κ3) is 2.48. The number of nitrogens with zero attached hydrogens (tertiary/aromatic N) is 2. The number of hydrogen-bond acceptors (Lipinski definition) is 3. The van der Waals surface area contributed by atoms with Crippen LogP contribution in [0.2, 0.25) is 5.02 Å². The van der Waals surface area contributed by atoms with Crippen molar-refractivity contribution < 1.29 is 4.42 Å². The normalized spacial score (nSPS) is 21.9. The summed E-state index contributed by atoms with van der Waals surface area (Å²) < 4.78 is 7.03. The topological polar surface area (TPSA) is 38.4 Å². The van der Waals surface area contributed by atoms with Crippen molar-refractivity contribution in [3.8, 4) is 0 Å². The molecule has 2 fully saturated rings. The fraction of sp³-hybridized carbons (Fsp3) is 0.588. The number of piperidine rings is 1. The molecule has 5 heteroatoms. The highest BCUT2D eigenvalue weighted by Gasteiger charge is 2.36. The number of rotatable bonds is 2. The average Bonchev–Trinajstić information content (AvgIpc) is 3.07. The van der Waals surface area contributed by atoms with E-state index in [2.05, 4.69) is 4.90 Å². The Morgan fingerprint density at radius 3 is 2.59 bits per heavy atom. The maximum Gasteiger partial charge on any atom is 0.421 e. The first-order chi connectivity index (χ1) is 10.7. The van der Waals surface area contributed by atoms with Crippen LogP contribution in [0.5, 0.6) is 0 Å². The lowest BCUT2D eigenvalue weighted by molar-refractivity contribution is 0.0853. The van der Waals surface area contributed by atoms with Gasteiger partial charge in [0.05, 0.1) is 12.2 Å². The lowest BCUT2D eigenvalue weighted by atomic mass is 9.77. The molecular formula is C17H21ClN2O2. The Morgan fingerprint density at radius 2 is 1.86 bits per heavy atom. The summed E-state index contributed by atoms with van der Waals surface area (Å²) in [5, 5.41) is 0.592. The Morgan fingerprint density at radius 1 is 1.14 bits per heavy atom. The monoisotopic (exact) mass is 320 g/mol. The maximum atomic E-state index is 12.1. The van der Waals surface area contributed by atoms with Crippen molar-refractivity contribution >= 4 is 22.7 Å². The van der Waals surface area contributed by atoms with Crippen LogP contribution in [0, 0.1) is 5.41 Å². The second-order valence-electron chi connectivity index (χ2n) is 6.87. The summed E-state index contributed by atoms with van der Waals surface area (Å²) in [5.74, 6) is -0.293. The van der Waals surface area contributed by atoms with Crippen molar-refractivity contribution in [2.45, 2.75) is 45.2 Å². The van der Waals surface area contributed by atoms with Crippen LogP contribution in [0.25, 0.3) is 11.1 Å². The molecule has 4 nitrogen and oxygen atoms in total. The molecule has 118 valence electrons. The molecule has 1 aromatic heterocycles. The number of oxazole rings is 1. The van der Waals surface area contributed by atoms with Crippen LogP contribution < -0.4 is 5.76 Å². The van der Waals surface area contributed by atoms with E-state index in [9.17, 15) is 4.79 Å². The highest BCUT2D eigenvalue weighted by Crippen LogP contribution is 2.46. The minimum absolute atomic E-state index is 0.293. The minimum Gasteiger partial charge on any atom is -0.408 e. The van der Waals surface area contributed by atoms with E-state index in [0.717, 1.165) is 18.6 Å². The SMILES string of the molecule is O=c1oc2cc(Cl)ccc2n1CN1CCC2(CCCC2)CC1. The first-order valence-electron chi connectivity index (χ1n) is 8.17. The van der Waals surface area contributed by atoms with E-state index < -0.39 is 0 Å². The summed E-state index contributed by atoms with van der Waals surface area (Å²) in [7, 11) is 0. The Hall–Kier alpha value is -1.26. The van der Waals surface area contributed by atoms with Gasteiger partial charge in [-0.3, -0.25) is 9.47 Å². The molecule has 1 aromatic carbocycles. The quantitative estimate of drug-likeness (QED) is 0.843. The van der Waals surface area contributed by atoms with Crippen LogP contribution in [-0.4, -0.2) is 22.6 Å². The molecule has 1 aliphatic heterocycles. The fourth-order valence-corrected chi connectivity index (χ4v) is 4.33. The minimum atomic E-state index is -0.293. The van der Waals surface area contributed by atoms with E-state index in [1.165, 1.54) is 38.5 Å². The molecule has 4 rings (SSSR count). The van der Waals surface area contributed by atoms with Gasteiger partial charge in [0.25, 0.3) is 0 Å². The third-order valence-electron chi connectivity index (χ3n) is 5.55. The predicted octanol–water partition coefficient (Wildman–Crippen LogP) is 3.86. The van der Waals surface area contributed by atoms with Crippen molar-refractivity contribution in [3.05, 3.63) is 33.8 Å².